The number of hydrogen-bond acceptors (Lipinski definition) is 7. The predicted octanol–water partition coefficient (Wildman–Crippen LogP) is 1.08. The maximum atomic E-state index is 11.9. The highest BCUT2D eigenvalue weighted by Crippen LogP contribution is 2.14. The van der Waals surface area contributed by atoms with E-state index in [4.69, 9.17) is 5.26 Å². The summed E-state index contributed by atoms with van der Waals surface area (Å²) in [5.74, 6) is -2.26. The molecule has 0 fully saturated rings. The van der Waals surface area contributed by atoms with Gasteiger partial charge in [-0.05, 0) is 18.3 Å². The fourth-order valence-electron chi connectivity index (χ4n) is 1.35. The molecule has 1 atom stereocenters. The van der Waals surface area contributed by atoms with Crippen molar-refractivity contribution in [2.24, 2.45) is 5.92 Å². The van der Waals surface area contributed by atoms with Crippen molar-refractivity contribution < 1.29 is 14.5 Å². The normalized spacial score (nSPS) is 11.4. The third-order valence-electron chi connectivity index (χ3n) is 2.34. The molecule has 1 aromatic rings. The van der Waals surface area contributed by atoms with E-state index >= 15 is 0 Å². The van der Waals surface area contributed by atoms with E-state index in [1.807, 2.05) is 0 Å². The first kappa shape index (κ1) is 14.4. The molecule has 98 valence electrons. The number of rotatable bonds is 6. The van der Waals surface area contributed by atoms with E-state index in [2.05, 4.69) is 9.97 Å². The van der Waals surface area contributed by atoms with Gasteiger partial charge in [-0.15, -0.1) is 0 Å². The highest BCUT2D eigenvalue weighted by Gasteiger charge is 2.23. The van der Waals surface area contributed by atoms with Gasteiger partial charge >= 0.3 is 5.95 Å². The average Bonchev–Trinajstić information content (AvgIpc) is 2.39. The molecule has 1 heterocycles. The molecule has 0 aliphatic rings. The van der Waals surface area contributed by atoms with Gasteiger partial charge in [0, 0.05) is 6.42 Å². The van der Waals surface area contributed by atoms with Gasteiger partial charge in [-0.25, -0.2) is 0 Å². The summed E-state index contributed by atoms with van der Waals surface area (Å²) in [6.45, 7) is 1.37. The molecule has 0 saturated heterocycles. The molecule has 0 aliphatic heterocycles. The molecule has 1 unspecified atom stereocenters. The van der Waals surface area contributed by atoms with E-state index in [-0.39, 0.29) is 24.2 Å². The van der Waals surface area contributed by atoms with Gasteiger partial charge in [0.25, 0.3) is 0 Å². The maximum Gasteiger partial charge on any atom is 0.468 e. The van der Waals surface area contributed by atoms with Crippen molar-refractivity contribution in [1.82, 2.24) is 9.97 Å². The van der Waals surface area contributed by atoms with Crippen LogP contribution in [-0.2, 0) is 4.79 Å². The first-order valence-corrected chi connectivity index (χ1v) is 5.35. The fraction of sp³-hybridized carbons (Fsp3) is 0.364. The molecule has 0 spiro atoms. The van der Waals surface area contributed by atoms with Gasteiger partial charge < -0.3 is 14.9 Å². The van der Waals surface area contributed by atoms with E-state index in [0.717, 1.165) is 12.4 Å². The minimum absolute atomic E-state index is 0.0145. The number of ketones is 2. The molecule has 0 bridgehead atoms. The van der Waals surface area contributed by atoms with Gasteiger partial charge in [-0.3, -0.25) is 4.79 Å². The third kappa shape index (κ3) is 3.92. The summed E-state index contributed by atoms with van der Waals surface area (Å²) in [4.78, 5) is 39.1. The van der Waals surface area contributed by atoms with E-state index in [0.29, 0.717) is 0 Å². The lowest BCUT2D eigenvalue weighted by atomic mass is 9.95. The number of aromatic nitrogens is 2. The summed E-state index contributed by atoms with van der Waals surface area (Å²) in [5.41, 5.74) is 0.0145. The third-order valence-corrected chi connectivity index (χ3v) is 2.34. The van der Waals surface area contributed by atoms with Gasteiger partial charge in [-0.1, -0.05) is 9.97 Å². The molecule has 0 saturated carbocycles. The van der Waals surface area contributed by atoms with Gasteiger partial charge in [0.05, 0.1) is 11.6 Å². The molecule has 0 amide bonds. The summed E-state index contributed by atoms with van der Waals surface area (Å²) in [6, 6.07) is 1.80. The van der Waals surface area contributed by atoms with Crippen molar-refractivity contribution in [1.29, 1.82) is 5.26 Å². The Morgan fingerprint density at radius 3 is 2.47 bits per heavy atom. The Morgan fingerprint density at radius 2 is 2.05 bits per heavy atom. The van der Waals surface area contributed by atoms with Crippen molar-refractivity contribution >= 4 is 17.5 Å². The minimum Gasteiger partial charge on any atom is -0.390 e. The SMILES string of the molecule is CC(=O)CCC(C#N)C(=O)c1cnc([N+](=O)[O-])nc1. The average molecular weight is 262 g/mol. The van der Waals surface area contributed by atoms with Crippen LogP contribution in [0.2, 0.25) is 0 Å². The molecule has 8 heteroatoms. The monoisotopic (exact) mass is 262 g/mol. The van der Waals surface area contributed by atoms with E-state index in [1.165, 1.54) is 6.92 Å². The highest BCUT2D eigenvalue weighted by molar-refractivity contribution is 5.99. The number of hydrogen-bond donors (Lipinski definition) is 0. The molecule has 0 N–H and O–H groups in total. The molecular weight excluding hydrogens is 252 g/mol. The molecule has 8 nitrogen and oxygen atoms in total. The van der Waals surface area contributed by atoms with Crippen LogP contribution in [0.25, 0.3) is 0 Å². The van der Waals surface area contributed by atoms with E-state index < -0.39 is 22.6 Å². The number of nitriles is 1. The molecule has 19 heavy (non-hydrogen) atoms. The Morgan fingerprint density at radius 1 is 1.47 bits per heavy atom. The van der Waals surface area contributed by atoms with Gasteiger partial charge in [0.1, 0.15) is 24.1 Å². The quantitative estimate of drug-likeness (QED) is 0.426. The summed E-state index contributed by atoms with van der Waals surface area (Å²) < 4.78 is 0. The number of carbonyl (C=O) groups is 2. The number of nitro groups is 1. The number of carbonyl (C=O) groups excluding carboxylic acids is 2. The van der Waals surface area contributed by atoms with Crippen LogP contribution in [0, 0.1) is 27.4 Å². The van der Waals surface area contributed by atoms with E-state index in [1.54, 1.807) is 6.07 Å². The Labute approximate surface area is 108 Å². The van der Waals surface area contributed by atoms with Gasteiger partial charge in [0.2, 0.25) is 0 Å². The Kier molecular flexibility index (Phi) is 4.76. The Hall–Kier alpha value is -2.69. The van der Waals surface area contributed by atoms with Crippen molar-refractivity contribution in [2.75, 3.05) is 0 Å². The zero-order valence-corrected chi connectivity index (χ0v) is 10.1. The van der Waals surface area contributed by atoms with Crippen LogP contribution in [0.5, 0.6) is 0 Å². The second-order valence-electron chi connectivity index (χ2n) is 3.82. The van der Waals surface area contributed by atoms with Crippen molar-refractivity contribution in [3.63, 3.8) is 0 Å². The summed E-state index contributed by atoms with van der Waals surface area (Å²) in [6.07, 6.45) is 2.25. The van der Waals surface area contributed by atoms with Crippen molar-refractivity contribution in [2.45, 2.75) is 19.8 Å². The Bertz CT molecular complexity index is 547. The zero-order chi connectivity index (χ0) is 14.4. The van der Waals surface area contributed by atoms with Gasteiger partial charge in [0.15, 0.2) is 5.78 Å². The van der Waals surface area contributed by atoms with Crippen LogP contribution in [0.3, 0.4) is 0 Å². The molecule has 0 aromatic carbocycles. The molecule has 1 aromatic heterocycles. The lowest BCUT2D eigenvalue weighted by Gasteiger charge is -2.04. The van der Waals surface area contributed by atoms with Crippen molar-refractivity contribution in [3.8, 4) is 6.07 Å². The van der Waals surface area contributed by atoms with Crippen LogP contribution < -0.4 is 0 Å². The van der Waals surface area contributed by atoms with E-state index in [9.17, 15) is 19.7 Å². The zero-order valence-electron chi connectivity index (χ0n) is 10.1. The summed E-state index contributed by atoms with van der Waals surface area (Å²) in [5, 5.41) is 19.2. The van der Waals surface area contributed by atoms with Crippen LogP contribution in [-0.4, -0.2) is 26.5 Å². The second-order valence-corrected chi connectivity index (χ2v) is 3.82. The minimum atomic E-state index is -0.978. The predicted molar refractivity (Wildman–Crippen MR) is 62.0 cm³/mol. The van der Waals surface area contributed by atoms with Gasteiger partial charge in [-0.2, -0.15) is 5.26 Å². The van der Waals surface area contributed by atoms with Crippen molar-refractivity contribution in [3.05, 3.63) is 28.1 Å². The highest BCUT2D eigenvalue weighted by atomic mass is 16.6. The molecule has 1 rings (SSSR count). The first-order chi connectivity index (χ1) is 8.95. The molecule has 0 radical (unpaired) electrons. The largest absolute Gasteiger partial charge is 0.468 e. The number of Topliss-reactive ketones (excluding diaryl/α,β-unsaturated/α-hetero) is 2. The number of nitrogens with zero attached hydrogens (tertiary/aromatic N) is 4. The second kappa shape index (κ2) is 6.30. The fourth-order valence-corrected chi connectivity index (χ4v) is 1.35. The Balaban J connectivity index is 2.83. The smallest absolute Gasteiger partial charge is 0.390 e. The molecule has 0 aliphatic carbocycles. The van der Waals surface area contributed by atoms with Crippen LogP contribution >= 0.6 is 0 Å². The van der Waals surface area contributed by atoms with Crippen LogP contribution in [0.15, 0.2) is 12.4 Å². The lowest BCUT2D eigenvalue weighted by molar-refractivity contribution is -0.394. The molecular formula is C11H10N4O4. The summed E-state index contributed by atoms with van der Waals surface area (Å²) >= 11 is 0. The maximum absolute atomic E-state index is 11.9. The van der Waals surface area contributed by atoms with Crippen LogP contribution in [0.4, 0.5) is 5.95 Å². The first-order valence-electron chi connectivity index (χ1n) is 5.35. The topological polar surface area (TPSA) is 127 Å². The van der Waals surface area contributed by atoms with Crippen LogP contribution in [0.1, 0.15) is 30.1 Å². The summed E-state index contributed by atoms with van der Waals surface area (Å²) in [7, 11) is 0. The lowest BCUT2D eigenvalue weighted by Crippen LogP contribution is -2.15. The standard InChI is InChI=1S/C11H10N4O4/c1-7(16)2-3-8(4-12)10(17)9-5-13-11(14-6-9)15(18)19/h5-6,8H,2-3H2,1H3.